The molecule has 0 fully saturated rings. The fraction of sp³-hybridized carbons (Fsp3) is 0.238. The molecule has 5 rings (SSSR count). The van der Waals surface area contributed by atoms with Crippen molar-refractivity contribution in [3.05, 3.63) is 70.0 Å². The molecule has 8 nitrogen and oxygen atoms in total. The Hall–Kier alpha value is -3.39. The predicted octanol–water partition coefficient (Wildman–Crippen LogP) is 3.29. The molecule has 2 aromatic carbocycles. The fourth-order valence-electron chi connectivity index (χ4n) is 4.04. The van der Waals surface area contributed by atoms with Gasteiger partial charge in [0.05, 0.1) is 35.6 Å². The number of carbonyl (C=O) groups excluding carboxylic acids is 1. The van der Waals surface area contributed by atoms with Crippen molar-refractivity contribution < 1.29 is 9.53 Å². The summed E-state index contributed by atoms with van der Waals surface area (Å²) >= 11 is 6.37. The summed E-state index contributed by atoms with van der Waals surface area (Å²) in [5, 5.41) is 15.6. The van der Waals surface area contributed by atoms with E-state index in [1.54, 1.807) is 24.1 Å². The van der Waals surface area contributed by atoms with Crippen molar-refractivity contribution >= 4 is 28.5 Å². The van der Waals surface area contributed by atoms with Crippen LogP contribution in [-0.2, 0) is 20.0 Å². The number of aromatic nitrogens is 5. The molecule has 1 aliphatic rings. The molecule has 0 bridgehead atoms. The number of nitrogens with zero attached hydrogens (tertiary/aromatic N) is 5. The minimum absolute atomic E-state index is 0.0348. The van der Waals surface area contributed by atoms with Crippen molar-refractivity contribution in [1.29, 1.82) is 0 Å². The smallest absolute Gasteiger partial charge is 0.255 e. The highest BCUT2D eigenvalue weighted by Gasteiger charge is 2.38. The lowest BCUT2D eigenvalue weighted by Crippen LogP contribution is -2.29. The zero-order valence-electron chi connectivity index (χ0n) is 16.5. The van der Waals surface area contributed by atoms with Gasteiger partial charge in [0.25, 0.3) is 5.91 Å². The second kappa shape index (κ2) is 7.14. The van der Waals surface area contributed by atoms with Crippen molar-refractivity contribution in [2.75, 3.05) is 7.11 Å². The van der Waals surface area contributed by atoms with Gasteiger partial charge in [-0.15, -0.1) is 5.10 Å². The number of nitrogens with one attached hydrogen (secondary N) is 1. The van der Waals surface area contributed by atoms with Crippen molar-refractivity contribution in [2.45, 2.75) is 19.0 Å². The highest BCUT2D eigenvalue weighted by Crippen LogP contribution is 2.39. The Labute approximate surface area is 177 Å². The highest BCUT2D eigenvalue weighted by molar-refractivity contribution is 6.31. The minimum atomic E-state index is -0.167. The van der Waals surface area contributed by atoms with Gasteiger partial charge in [0.1, 0.15) is 11.3 Å². The third-order valence-electron chi connectivity index (χ3n) is 5.63. The van der Waals surface area contributed by atoms with Crippen LogP contribution in [0.4, 0.5) is 0 Å². The van der Waals surface area contributed by atoms with E-state index in [0.717, 1.165) is 27.9 Å². The quantitative estimate of drug-likeness (QED) is 0.533. The molecule has 2 aromatic heterocycles. The Morgan fingerprint density at radius 1 is 1.23 bits per heavy atom. The van der Waals surface area contributed by atoms with Crippen LogP contribution in [0.1, 0.15) is 33.2 Å². The second-order valence-corrected chi connectivity index (χ2v) is 7.74. The van der Waals surface area contributed by atoms with Crippen molar-refractivity contribution in [3.8, 4) is 5.75 Å². The summed E-state index contributed by atoms with van der Waals surface area (Å²) in [6.45, 7) is 0.443. The summed E-state index contributed by atoms with van der Waals surface area (Å²) in [5.41, 5.74) is 5.10. The van der Waals surface area contributed by atoms with Crippen molar-refractivity contribution in [1.82, 2.24) is 30.1 Å². The van der Waals surface area contributed by atoms with E-state index in [4.69, 9.17) is 16.3 Å². The number of benzene rings is 2. The van der Waals surface area contributed by atoms with Crippen LogP contribution in [0.5, 0.6) is 5.75 Å². The first-order valence-corrected chi connectivity index (χ1v) is 9.88. The molecule has 0 radical (unpaired) electrons. The summed E-state index contributed by atoms with van der Waals surface area (Å²) in [6, 6.07) is 11.3. The van der Waals surface area contributed by atoms with Crippen LogP contribution in [-0.4, -0.2) is 43.1 Å². The van der Waals surface area contributed by atoms with E-state index in [-0.39, 0.29) is 11.9 Å². The number of aryl methyl sites for hydroxylation is 1. The Morgan fingerprint density at radius 3 is 2.87 bits per heavy atom. The van der Waals surface area contributed by atoms with E-state index in [1.807, 2.05) is 42.3 Å². The lowest BCUT2D eigenvalue weighted by molar-refractivity contribution is 0.0707. The maximum absolute atomic E-state index is 13.4. The van der Waals surface area contributed by atoms with E-state index in [1.165, 1.54) is 0 Å². The van der Waals surface area contributed by atoms with E-state index in [2.05, 4.69) is 20.5 Å². The van der Waals surface area contributed by atoms with Crippen LogP contribution < -0.4 is 4.74 Å². The molecular weight excluding hydrogens is 404 g/mol. The minimum Gasteiger partial charge on any atom is -0.497 e. The van der Waals surface area contributed by atoms with E-state index in [0.29, 0.717) is 29.3 Å². The van der Waals surface area contributed by atoms with Gasteiger partial charge in [0.2, 0.25) is 0 Å². The van der Waals surface area contributed by atoms with Gasteiger partial charge in [-0.3, -0.25) is 14.6 Å². The monoisotopic (exact) mass is 422 g/mol. The maximum atomic E-state index is 13.4. The van der Waals surface area contributed by atoms with E-state index in [9.17, 15) is 4.79 Å². The molecule has 1 unspecified atom stereocenters. The first-order chi connectivity index (χ1) is 14.5. The summed E-state index contributed by atoms with van der Waals surface area (Å²) in [7, 11) is 3.45. The van der Waals surface area contributed by atoms with Crippen LogP contribution in [0.3, 0.4) is 0 Å². The van der Waals surface area contributed by atoms with Crippen LogP contribution in [0.15, 0.2) is 42.6 Å². The van der Waals surface area contributed by atoms with Crippen LogP contribution in [0.2, 0.25) is 5.02 Å². The summed E-state index contributed by atoms with van der Waals surface area (Å²) in [6.07, 6.45) is 2.19. The molecule has 152 valence electrons. The fourth-order valence-corrected chi connectivity index (χ4v) is 4.28. The number of hydrogen-bond donors (Lipinski definition) is 1. The van der Waals surface area contributed by atoms with Crippen LogP contribution in [0.25, 0.3) is 11.0 Å². The number of halogens is 1. The lowest BCUT2D eigenvalue weighted by Gasteiger charge is -2.26. The molecule has 4 aromatic rings. The standard InChI is InChI=1S/C21H19ClN6O2/c1-27-20(16(22)10-23-27)9-19-14-5-4-13(30-2)8-15(14)21(29)28(19)11-12-3-6-17-18(7-12)25-26-24-17/h3-8,10,19H,9,11H2,1-2H3,(H,24,25,26). The number of fused-ring (bicyclic) bond motifs is 2. The molecule has 3 heterocycles. The van der Waals surface area contributed by atoms with Gasteiger partial charge >= 0.3 is 0 Å². The first-order valence-electron chi connectivity index (χ1n) is 9.50. The number of hydrogen-bond acceptors (Lipinski definition) is 5. The van der Waals surface area contributed by atoms with E-state index >= 15 is 0 Å². The van der Waals surface area contributed by atoms with Gasteiger partial charge < -0.3 is 9.64 Å². The molecule has 1 aliphatic heterocycles. The number of ether oxygens (including phenoxy) is 1. The summed E-state index contributed by atoms with van der Waals surface area (Å²) in [4.78, 5) is 15.2. The molecular formula is C21H19ClN6O2. The van der Waals surface area contributed by atoms with Gasteiger partial charge in [0.15, 0.2) is 0 Å². The van der Waals surface area contributed by atoms with Crippen molar-refractivity contribution in [2.24, 2.45) is 7.05 Å². The SMILES string of the molecule is COc1ccc2c(c1)C(=O)N(Cc1ccc3[nH]nnc3c1)C2Cc1c(Cl)cnn1C. The van der Waals surface area contributed by atoms with Gasteiger partial charge in [-0.25, -0.2) is 0 Å². The maximum Gasteiger partial charge on any atom is 0.255 e. The first kappa shape index (κ1) is 18.6. The number of amides is 1. The number of aromatic amines is 1. The largest absolute Gasteiger partial charge is 0.497 e. The molecule has 0 saturated carbocycles. The van der Waals surface area contributed by atoms with E-state index < -0.39 is 0 Å². The number of carbonyl (C=O) groups is 1. The average Bonchev–Trinajstić information content (AvgIpc) is 3.42. The van der Waals surface area contributed by atoms with Crippen molar-refractivity contribution in [3.63, 3.8) is 0 Å². The average molecular weight is 423 g/mol. The molecule has 0 aliphatic carbocycles. The van der Waals surface area contributed by atoms with Gasteiger partial charge in [-0.1, -0.05) is 28.9 Å². The van der Waals surface area contributed by atoms with Gasteiger partial charge in [-0.2, -0.15) is 5.10 Å². The molecule has 1 N–H and O–H groups in total. The molecule has 1 amide bonds. The van der Waals surface area contributed by atoms with Gasteiger partial charge in [-0.05, 0) is 35.4 Å². The third-order valence-corrected chi connectivity index (χ3v) is 5.94. The Balaban J connectivity index is 1.55. The number of H-pyrrole nitrogens is 1. The zero-order chi connectivity index (χ0) is 20.8. The normalized spacial score (nSPS) is 15.8. The topological polar surface area (TPSA) is 88.9 Å². The number of rotatable bonds is 5. The lowest BCUT2D eigenvalue weighted by atomic mass is 10.00. The third kappa shape index (κ3) is 3.00. The zero-order valence-corrected chi connectivity index (χ0v) is 17.2. The molecule has 0 saturated heterocycles. The van der Waals surface area contributed by atoms with Gasteiger partial charge in [0, 0.05) is 25.6 Å². The molecule has 1 atom stereocenters. The second-order valence-electron chi connectivity index (χ2n) is 7.33. The summed E-state index contributed by atoms with van der Waals surface area (Å²) in [5.74, 6) is 0.623. The number of methoxy groups -OCH3 is 1. The molecule has 30 heavy (non-hydrogen) atoms. The predicted molar refractivity (Wildman–Crippen MR) is 111 cm³/mol. The highest BCUT2D eigenvalue weighted by atomic mass is 35.5. The molecule has 0 spiro atoms. The van der Waals surface area contributed by atoms with Crippen LogP contribution >= 0.6 is 11.6 Å². The van der Waals surface area contributed by atoms with Crippen LogP contribution in [0, 0.1) is 0 Å². The Bertz CT molecular complexity index is 1240. The molecule has 9 heteroatoms. The summed E-state index contributed by atoms with van der Waals surface area (Å²) < 4.78 is 7.09. The Kier molecular flexibility index (Phi) is 4.43. The Morgan fingerprint density at radius 2 is 2.10 bits per heavy atom.